The summed E-state index contributed by atoms with van der Waals surface area (Å²) in [6.07, 6.45) is 3.51. The first kappa shape index (κ1) is 13.8. The molecule has 1 aliphatic rings. The number of rotatable bonds is 4. The van der Waals surface area contributed by atoms with Gasteiger partial charge in [-0.2, -0.15) is 0 Å². The minimum Gasteiger partial charge on any atom is -0.478 e. The third-order valence-electron chi connectivity index (χ3n) is 3.65. The Morgan fingerprint density at radius 2 is 2.21 bits per heavy atom. The maximum absolute atomic E-state index is 11.2. The van der Waals surface area contributed by atoms with Crippen molar-refractivity contribution in [3.63, 3.8) is 0 Å². The zero-order valence-electron chi connectivity index (χ0n) is 11.4. The third-order valence-corrected chi connectivity index (χ3v) is 3.65. The molecule has 0 bridgehead atoms. The second-order valence-electron chi connectivity index (χ2n) is 4.74. The second-order valence-corrected chi connectivity index (χ2v) is 4.74. The van der Waals surface area contributed by atoms with Gasteiger partial charge in [0, 0.05) is 37.6 Å². The Morgan fingerprint density at radius 3 is 2.79 bits per heavy atom. The molecule has 2 heterocycles. The van der Waals surface area contributed by atoms with Gasteiger partial charge in [0.2, 0.25) is 0 Å². The molecule has 1 saturated heterocycles. The Bertz CT molecular complexity index is 456. The molecule has 0 aromatic carbocycles. The van der Waals surface area contributed by atoms with Crippen molar-refractivity contribution in [1.29, 1.82) is 0 Å². The van der Waals surface area contributed by atoms with Crippen LogP contribution in [0.4, 0.5) is 5.82 Å². The summed E-state index contributed by atoms with van der Waals surface area (Å²) in [7, 11) is 0. The normalized spacial score (nSPS) is 16.3. The van der Waals surface area contributed by atoms with Crippen LogP contribution >= 0.6 is 0 Å². The molecule has 19 heavy (non-hydrogen) atoms. The number of ether oxygens (including phenoxy) is 1. The lowest BCUT2D eigenvalue weighted by molar-refractivity contribution is 0.0695. The number of aromatic nitrogens is 1. The molecule has 0 atom stereocenters. The first-order valence-corrected chi connectivity index (χ1v) is 6.68. The lowest BCUT2D eigenvalue weighted by Gasteiger charge is -2.35. The maximum atomic E-state index is 11.2. The van der Waals surface area contributed by atoms with E-state index < -0.39 is 5.97 Å². The number of hydrogen-bond donors (Lipinski definition) is 1. The van der Waals surface area contributed by atoms with Gasteiger partial charge < -0.3 is 14.7 Å². The number of aromatic carboxylic acids is 1. The number of carboxylic acids is 1. The van der Waals surface area contributed by atoms with Gasteiger partial charge in [-0.15, -0.1) is 0 Å². The van der Waals surface area contributed by atoms with Crippen molar-refractivity contribution >= 4 is 11.8 Å². The number of pyridine rings is 1. The van der Waals surface area contributed by atoms with E-state index in [9.17, 15) is 9.90 Å². The third kappa shape index (κ3) is 2.87. The summed E-state index contributed by atoms with van der Waals surface area (Å²) in [5.74, 6) is -0.113. The van der Waals surface area contributed by atoms with Crippen LogP contribution in [-0.2, 0) is 4.74 Å². The van der Waals surface area contributed by atoms with Gasteiger partial charge in [-0.05, 0) is 32.8 Å². The van der Waals surface area contributed by atoms with Gasteiger partial charge in [-0.25, -0.2) is 9.78 Å². The molecule has 104 valence electrons. The van der Waals surface area contributed by atoms with E-state index in [0.717, 1.165) is 44.0 Å². The summed E-state index contributed by atoms with van der Waals surface area (Å²) < 4.78 is 5.38. The van der Waals surface area contributed by atoms with E-state index in [1.54, 1.807) is 12.3 Å². The van der Waals surface area contributed by atoms with Crippen molar-refractivity contribution < 1.29 is 14.6 Å². The van der Waals surface area contributed by atoms with Gasteiger partial charge in [0.15, 0.2) is 0 Å². The Labute approximate surface area is 113 Å². The first-order valence-electron chi connectivity index (χ1n) is 6.68. The predicted octanol–water partition coefficient (Wildman–Crippen LogP) is 2.09. The van der Waals surface area contributed by atoms with Crippen LogP contribution in [0.1, 0.15) is 35.7 Å². The summed E-state index contributed by atoms with van der Waals surface area (Å²) in [6, 6.07) is 1.94. The van der Waals surface area contributed by atoms with Crippen molar-refractivity contribution in [1.82, 2.24) is 4.98 Å². The standard InChI is InChI=1S/C14H20N2O3/c1-3-16(11-5-8-19-9-6-11)13-10(2)12(14(17)18)4-7-15-13/h4,7,11H,3,5-6,8-9H2,1-2H3,(H,17,18). The van der Waals surface area contributed by atoms with Crippen LogP contribution in [0.15, 0.2) is 12.3 Å². The van der Waals surface area contributed by atoms with Crippen molar-refractivity contribution in [2.75, 3.05) is 24.7 Å². The Hall–Kier alpha value is -1.62. The van der Waals surface area contributed by atoms with E-state index in [-0.39, 0.29) is 0 Å². The molecule has 0 radical (unpaired) electrons. The van der Waals surface area contributed by atoms with Crippen LogP contribution in [0.5, 0.6) is 0 Å². The Morgan fingerprint density at radius 1 is 1.53 bits per heavy atom. The smallest absolute Gasteiger partial charge is 0.336 e. The topological polar surface area (TPSA) is 62.7 Å². The molecule has 5 nitrogen and oxygen atoms in total. The van der Waals surface area contributed by atoms with Gasteiger partial charge in [0.25, 0.3) is 0 Å². The van der Waals surface area contributed by atoms with E-state index >= 15 is 0 Å². The lowest BCUT2D eigenvalue weighted by Crippen LogP contribution is -2.40. The monoisotopic (exact) mass is 264 g/mol. The molecule has 0 spiro atoms. The molecule has 1 fully saturated rings. The van der Waals surface area contributed by atoms with Crippen LogP contribution in [0.3, 0.4) is 0 Å². The number of carboxylic acid groups (broad SMARTS) is 1. The molecule has 0 saturated carbocycles. The molecule has 0 aliphatic carbocycles. The van der Waals surface area contributed by atoms with Crippen LogP contribution in [0.2, 0.25) is 0 Å². The molecule has 1 aliphatic heterocycles. The minimum absolute atomic E-state index is 0.329. The molecule has 0 amide bonds. The van der Waals surface area contributed by atoms with E-state index in [0.29, 0.717) is 11.6 Å². The highest BCUT2D eigenvalue weighted by Gasteiger charge is 2.24. The van der Waals surface area contributed by atoms with Gasteiger partial charge in [-0.3, -0.25) is 0 Å². The van der Waals surface area contributed by atoms with Gasteiger partial charge in [0.05, 0.1) is 5.56 Å². The SMILES string of the molecule is CCN(c1nccc(C(=O)O)c1C)C1CCOCC1. The van der Waals surface area contributed by atoms with Gasteiger partial charge in [0.1, 0.15) is 5.82 Å². The number of anilines is 1. The average Bonchev–Trinajstić information content (AvgIpc) is 2.42. The van der Waals surface area contributed by atoms with E-state index in [4.69, 9.17) is 4.74 Å². The van der Waals surface area contributed by atoms with Gasteiger partial charge in [-0.1, -0.05) is 0 Å². The summed E-state index contributed by atoms with van der Waals surface area (Å²) in [6.45, 7) is 6.25. The fourth-order valence-corrected chi connectivity index (χ4v) is 2.62. The van der Waals surface area contributed by atoms with E-state index in [2.05, 4.69) is 16.8 Å². The van der Waals surface area contributed by atoms with Crippen LogP contribution < -0.4 is 4.90 Å². The molecule has 1 aromatic rings. The predicted molar refractivity (Wildman–Crippen MR) is 72.8 cm³/mol. The van der Waals surface area contributed by atoms with Crippen molar-refractivity contribution in [3.05, 3.63) is 23.4 Å². The average molecular weight is 264 g/mol. The number of carbonyl (C=O) groups is 1. The van der Waals surface area contributed by atoms with Crippen LogP contribution in [-0.4, -0.2) is 41.9 Å². The van der Waals surface area contributed by atoms with Crippen molar-refractivity contribution in [3.8, 4) is 0 Å². The van der Waals surface area contributed by atoms with Crippen LogP contribution in [0.25, 0.3) is 0 Å². The van der Waals surface area contributed by atoms with Crippen LogP contribution in [0, 0.1) is 6.92 Å². The van der Waals surface area contributed by atoms with E-state index in [1.165, 1.54) is 0 Å². The first-order chi connectivity index (χ1) is 9.15. The molecular formula is C14H20N2O3. The largest absolute Gasteiger partial charge is 0.478 e. The number of hydrogen-bond acceptors (Lipinski definition) is 4. The minimum atomic E-state index is -0.899. The fourth-order valence-electron chi connectivity index (χ4n) is 2.62. The zero-order chi connectivity index (χ0) is 13.8. The molecule has 1 N–H and O–H groups in total. The maximum Gasteiger partial charge on any atom is 0.336 e. The van der Waals surface area contributed by atoms with Crippen molar-refractivity contribution in [2.24, 2.45) is 0 Å². The number of nitrogens with zero attached hydrogens (tertiary/aromatic N) is 2. The highest BCUT2D eigenvalue weighted by atomic mass is 16.5. The zero-order valence-corrected chi connectivity index (χ0v) is 11.4. The molecule has 2 rings (SSSR count). The summed E-state index contributed by atoms with van der Waals surface area (Å²) in [4.78, 5) is 17.8. The van der Waals surface area contributed by atoms with Gasteiger partial charge >= 0.3 is 5.97 Å². The fraction of sp³-hybridized carbons (Fsp3) is 0.571. The summed E-state index contributed by atoms with van der Waals surface area (Å²) in [5, 5.41) is 9.19. The second kappa shape index (κ2) is 6.02. The summed E-state index contributed by atoms with van der Waals surface area (Å²) in [5.41, 5.74) is 1.07. The van der Waals surface area contributed by atoms with E-state index in [1.807, 2.05) is 6.92 Å². The van der Waals surface area contributed by atoms with Crippen molar-refractivity contribution in [2.45, 2.75) is 32.7 Å². The quantitative estimate of drug-likeness (QED) is 0.902. The Kier molecular flexibility index (Phi) is 4.37. The molecule has 5 heteroatoms. The highest BCUT2D eigenvalue weighted by molar-refractivity contribution is 5.90. The lowest BCUT2D eigenvalue weighted by atomic mass is 10.0. The summed E-state index contributed by atoms with van der Waals surface area (Å²) >= 11 is 0. The molecule has 1 aromatic heterocycles. The molecular weight excluding hydrogens is 244 g/mol. The highest BCUT2D eigenvalue weighted by Crippen LogP contribution is 2.25. The Balaban J connectivity index is 2.32. The molecule has 0 unspecified atom stereocenters.